The third-order valence-electron chi connectivity index (χ3n) is 4.06. The maximum atomic E-state index is 13.1. The number of hydrogen-bond donors (Lipinski definition) is 0. The molecule has 2 aromatic rings. The molecule has 0 aliphatic carbocycles. The predicted molar refractivity (Wildman–Crippen MR) is 90.2 cm³/mol. The molecule has 0 N–H and O–H groups in total. The van der Waals surface area contributed by atoms with Crippen molar-refractivity contribution >= 4 is 21.6 Å². The van der Waals surface area contributed by atoms with E-state index >= 15 is 0 Å². The molecule has 0 atom stereocenters. The quantitative estimate of drug-likeness (QED) is 0.756. The number of hydrogen-bond acceptors (Lipinski definition) is 3. The summed E-state index contributed by atoms with van der Waals surface area (Å²) in [6, 6.07) is 11.2. The minimum atomic E-state index is -4.74. The third-order valence-corrected chi connectivity index (χ3v) is 6.32. The number of alkyl halides is 3. The first kappa shape index (κ1) is 19.2. The summed E-state index contributed by atoms with van der Waals surface area (Å²) in [5, 5.41) is 0.537. The van der Waals surface area contributed by atoms with Crippen LogP contribution in [0.5, 0.6) is 0 Å². The molecule has 9 heteroatoms. The molecule has 1 heterocycles. The first-order valence-corrected chi connectivity index (χ1v) is 9.53. The van der Waals surface area contributed by atoms with E-state index < -0.39 is 26.7 Å². The van der Waals surface area contributed by atoms with Crippen LogP contribution in [-0.2, 0) is 27.5 Å². The number of nitrogens with zero attached hydrogens (tertiary/aromatic N) is 1. The minimum Gasteiger partial charge on any atom is -0.371 e. The maximum Gasteiger partial charge on any atom is 0.417 e. The molecule has 26 heavy (non-hydrogen) atoms. The molecule has 140 valence electrons. The van der Waals surface area contributed by atoms with Gasteiger partial charge >= 0.3 is 6.18 Å². The molecule has 1 fully saturated rings. The predicted octanol–water partition coefficient (Wildman–Crippen LogP) is 3.95. The first-order chi connectivity index (χ1) is 12.2. The standard InChI is InChI=1S/C17H15ClF3NO3S/c18-15-7-3-1-5-12(15)11-25-13-9-22(10-13)26(23,24)16-8-4-2-6-14(16)17(19,20)21/h1-8,13H,9-11H2. The monoisotopic (exact) mass is 405 g/mol. The molecule has 1 saturated heterocycles. The van der Waals surface area contributed by atoms with Crippen LogP contribution < -0.4 is 0 Å². The number of benzene rings is 2. The Balaban J connectivity index is 1.66. The number of ether oxygens (including phenoxy) is 1. The van der Waals surface area contributed by atoms with Crippen molar-refractivity contribution in [3.05, 3.63) is 64.7 Å². The Morgan fingerprint density at radius 2 is 1.69 bits per heavy atom. The van der Waals surface area contributed by atoms with E-state index in [0.29, 0.717) is 5.02 Å². The van der Waals surface area contributed by atoms with Gasteiger partial charge < -0.3 is 4.74 Å². The zero-order valence-corrected chi connectivity index (χ0v) is 15.0. The van der Waals surface area contributed by atoms with Gasteiger partial charge in [-0.05, 0) is 23.8 Å². The van der Waals surface area contributed by atoms with Crippen LogP contribution in [-0.4, -0.2) is 31.9 Å². The first-order valence-electron chi connectivity index (χ1n) is 7.71. The lowest BCUT2D eigenvalue weighted by Crippen LogP contribution is -2.54. The van der Waals surface area contributed by atoms with Gasteiger partial charge in [0.05, 0.1) is 23.2 Å². The fourth-order valence-corrected chi connectivity index (χ4v) is 4.50. The second kappa shape index (κ2) is 7.19. The van der Waals surface area contributed by atoms with E-state index in [4.69, 9.17) is 16.3 Å². The van der Waals surface area contributed by atoms with Gasteiger partial charge in [0, 0.05) is 18.1 Å². The van der Waals surface area contributed by atoms with Gasteiger partial charge in [-0.3, -0.25) is 0 Å². The lowest BCUT2D eigenvalue weighted by atomic mass is 10.2. The molecular weight excluding hydrogens is 391 g/mol. The van der Waals surface area contributed by atoms with Crippen LogP contribution in [0.1, 0.15) is 11.1 Å². The summed E-state index contributed by atoms with van der Waals surface area (Å²) in [4.78, 5) is -0.739. The summed E-state index contributed by atoms with van der Waals surface area (Å²) in [5.41, 5.74) is -0.404. The molecule has 0 unspecified atom stereocenters. The SMILES string of the molecule is O=S(=O)(c1ccccc1C(F)(F)F)N1CC(OCc2ccccc2Cl)C1. The van der Waals surface area contributed by atoms with E-state index in [9.17, 15) is 21.6 Å². The van der Waals surface area contributed by atoms with Gasteiger partial charge in [-0.2, -0.15) is 17.5 Å². The highest BCUT2D eigenvalue weighted by Crippen LogP contribution is 2.36. The van der Waals surface area contributed by atoms with Crippen molar-refractivity contribution in [2.75, 3.05) is 13.1 Å². The van der Waals surface area contributed by atoms with Crippen molar-refractivity contribution in [3.63, 3.8) is 0 Å². The van der Waals surface area contributed by atoms with E-state index in [2.05, 4.69) is 0 Å². The summed E-state index contributed by atoms with van der Waals surface area (Å²) >= 11 is 6.02. The van der Waals surface area contributed by atoms with E-state index in [-0.39, 0.29) is 25.8 Å². The molecule has 1 aliphatic rings. The molecule has 4 nitrogen and oxygen atoms in total. The van der Waals surface area contributed by atoms with Crippen LogP contribution in [0.2, 0.25) is 5.02 Å². The molecule has 1 aliphatic heterocycles. The van der Waals surface area contributed by atoms with E-state index in [1.54, 1.807) is 24.3 Å². The maximum absolute atomic E-state index is 13.1. The van der Waals surface area contributed by atoms with Crippen molar-refractivity contribution in [3.8, 4) is 0 Å². The van der Waals surface area contributed by atoms with Crippen LogP contribution in [0, 0.1) is 0 Å². The Hall–Kier alpha value is -1.61. The zero-order valence-electron chi connectivity index (χ0n) is 13.4. The molecule has 0 saturated carbocycles. The summed E-state index contributed by atoms with van der Waals surface area (Å²) < 4.78 is 70.8. The molecule has 3 rings (SSSR count). The molecule has 0 bridgehead atoms. The van der Waals surface area contributed by atoms with Crippen LogP contribution in [0.25, 0.3) is 0 Å². The lowest BCUT2D eigenvalue weighted by Gasteiger charge is -2.38. The van der Waals surface area contributed by atoms with Crippen molar-refractivity contribution in [2.24, 2.45) is 0 Å². The summed E-state index contributed by atoms with van der Waals surface area (Å²) in [5.74, 6) is 0. The van der Waals surface area contributed by atoms with Crippen LogP contribution in [0.4, 0.5) is 13.2 Å². The summed E-state index contributed by atoms with van der Waals surface area (Å²) in [7, 11) is -4.23. The van der Waals surface area contributed by atoms with Crippen LogP contribution in [0.3, 0.4) is 0 Å². The highest BCUT2D eigenvalue weighted by Gasteiger charge is 2.42. The van der Waals surface area contributed by atoms with Crippen LogP contribution >= 0.6 is 11.6 Å². The topological polar surface area (TPSA) is 46.6 Å². The van der Waals surface area contributed by atoms with E-state index in [0.717, 1.165) is 28.1 Å². The molecule has 0 spiro atoms. The molecule has 0 radical (unpaired) electrons. The Kier molecular flexibility index (Phi) is 5.30. The average Bonchev–Trinajstić information content (AvgIpc) is 2.54. The number of rotatable bonds is 5. The summed E-state index contributed by atoms with van der Waals surface area (Å²) in [6.07, 6.45) is -5.13. The lowest BCUT2D eigenvalue weighted by molar-refractivity contribution is -0.140. The van der Waals surface area contributed by atoms with Gasteiger partial charge in [0.15, 0.2) is 0 Å². The molecule has 0 aromatic heterocycles. The van der Waals surface area contributed by atoms with Crippen molar-refractivity contribution in [2.45, 2.75) is 23.8 Å². The average molecular weight is 406 g/mol. The van der Waals surface area contributed by atoms with Crippen molar-refractivity contribution < 1.29 is 26.3 Å². The smallest absolute Gasteiger partial charge is 0.371 e. The highest BCUT2D eigenvalue weighted by molar-refractivity contribution is 7.89. The van der Waals surface area contributed by atoms with Crippen molar-refractivity contribution in [1.82, 2.24) is 4.31 Å². The Morgan fingerprint density at radius 3 is 2.35 bits per heavy atom. The number of halogens is 4. The Morgan fingerprint density at radius 1 is 1.08 bits per heavy atom. The fourth-order valence-electron chi connectivity index (χ4n) is 2.59. The van der Waals surface area contributed by atoms with Crippen LogP contribution in [0.15, 0.2) is 53.4 Å². The Bertz CT molecular complexity index is 896. The minimum absolute atomic E-state index is 0.00101. The highest BCUT2D eigenvalue weighted by atomic mass is 35.5. The van der Waals surface area contributed by atoms with Gasteiger partial charge in [0.1, 0.15) is 0 Å². The molecule has 2 aromatic carbocycles. The fraction of sp³-hybridized carbons (Fsp3) is 0.294. The second-order valence-corrected chi connectivity index (χ2v) is 8.15. The zero-order chi connectivity index (χ0) is 18.9. The van der Waals surface area contributed by atoms with E-state index in [1.807, 2.05) is 0 Å². The van der Waals surface area contributed by atoms with Gasteiger partial charge in [-0.25, -0.2) is 8.42 Å². The molecular formula is C17H15ClF3NO3S. The Labute approximate surface area is 154 Å². The normalized spacial score (nSPS) is 16.5. The largest absolute Gasteiger partial charge is 0.417 e. The van der Waals surface area contributed by atoms with Gasteiger partial charge in [-0.15, -0.1) is 0 Å². The second-order valence-electron chi connectivity index (χ2n) is 5.84. The molecule has 0 amide bonds. The number of sulfonamides is 1. The summed E-state index contributed by atoms with van der Waals surface area (Å²) in [6.45, 7) is 0.204. The van der Waals surface area contributed by atoms with Gasteiger partial charge in [0.25, 0.3) is 0 Å². The van der Waals surface area contributed by atoms with Gasteiger partial charge in [-0.1, -0.05) is 41.9 Å². The van der Waals surface area contributed by atoms with E-state index in [1.165, 1.54) is 6.07 Å². The van der Waals surface area contributed by atoms with Crippen molar-refractivity contribution in [1.29, 1.82) is 0 Å². The third kappa shape index (κ3) is 3.88. The van der Waals surface area contributed by atoms with Gasteiger partial charge in [0.2, 0.25) is 10.0 Å².